The van der Waals surface area contributed by atoms with Crippen molar-refractivity contribution in [2.24, 2.45) is 0 Å². The minimum absolute atomic E-state index is 0.0368. The fourth-order valence-corrected chi connectivity index (χ4v) is 1.81. The number of anilines is 1. The average molecular weight is 334 g/mol. The lowest BCUT2D eigenvalue weighted by Crippen LogP contribution is -2.32. The van der Waals surface area contributed by atoms with Crippen molar-refractivity contribution in [2.45, 2.75) is 20.8 Å². The molecular formula is C15H18N4O5. The summed E-state index contributed by atoms with van der Waals surface area (Å²) in [6, 6.07) is 6.01. The maximum absolute atomic E-state index is 11.7. The zero-order valence-electron chi connectivity index (χ0n) is 13.5. The van der Waals surface area contributed by atoms with Gasteiger partial charge in [0.05, 0.1) is 16.3 Å². The molecule has 0 aromatic heterocycles. The molecule has 0 heterocycles. The maximum atomic E-state index is 11.7. The third kappa shape index (κ3) is 5.52. The van der Waals surface area contributed by atoms with E-state index in [4.69, 9.17) is 5.41 Å². The first-order chi connectivity index (χ1) is 11.2. The van der Waals surface area contributed by atoms with Gasteiger partial charge in [0.2, 0.25) is 0 Å². The van der Waals surface area contributed by atoms with Crippen LogP contribution in [0.2, 0.25) is 0 Å². The van der Waals surface area contributed by atoms with E-state index in [2.05, 4.69) is 15.4 Å². The van der Waals surface area contributed by atoms with Gasteiger partial charge in [-0.25, -0.2) is 0 Å². The van der Waals surface area contributed by atoms with E-state index >= 15 is 0 Å². The van der Waals surface area contributed by atoms with E-state index in [1.54, 1.807) is 13.0 Å². The summed E-state index contributed by atoms with van der Waals surface area (Å²) in [5.41, 5.74) is 0.617. The van der Waals surface area contributed by atoms with Gasteiger partial charge in [0, 0.05) is 18.7 Å². The Morgan fingerprint density at radius 1 is 1.25 bits per heavy atom. The highest BCUT2D eigenvalue weighted by Gasteiger charge is 2.16. The summed E-state index contributed by atoms with van der Waals surface area (Å²) in [5.74, 6) is -1.22. The number of benzene rings is 1. The Balaban J connectivity index is 3.01. The molecule has 1 amide bonds. The molecule has 0 unspecified atom stereocenters. The molecule has 1 aromatic rings. The molecule has 0 fully saturated rings. The highest BCUT2D eigenvalue weighted by atomic mass is 16.6. The van der Waals surface area contributed by atoms with Crippen LogP contribution in [0.4, 0.5) is 11.4 Å². The van der Waals surface area contributed by atoms with Crippen molar-refractivity contribution in [3.63, 3.8) is 0 Å². The summed E-state index contributed by atoms with van der Waals surface area (Å²) in [5, 5.41) is 24.0. The molecule has 0 aliphatic rings. The van der Waals surface area contributed by atoms with Crippen LogP contribution in [0.5, 0.6) is 0 Å². The average Bonchev–Trinajstić information content (AvgIpc) is 2.50. The molecule has 0 radical (unpaired) electrons. The van der Waals surface area contributed by atoms with Gasteiger partial charge in [-0.15, -0.1) is 0 Å². The molecule has 0 spiro atoms. The van der Waals surface area contributed by atoms with Crippen LogP contribution in [0.15, 0.2) is 35.7 Å². The Bertz CT molecular complexity index is 712. The van der Waals surface area contributed by atoms with Crippen LogP contribution in [0.3, 0.4) is 0 Å². The number of nitrogens with zero attached hydrogens (tertiary/aromatic N) is 1. The normalized spacial score (nSPS) is 11.1. The molecule has 24 heavy (non-hydrogen) atoms. The van der Waals surface area contributed by atoms with Crippen molar-refractivity contribution in [1.82, 2.24) is 5.32 Å². The summed E-state index contributed by atoms with van der Waals surface area (Å²) < 4.78 is 4.58. The standard InChI is InChI=1S/C15H18N4O5/c1-9(16)15(18-14(21)8-24-11(3)20)10(2)17-12-6-4-5-7-13(12)19(22)23/h4-7,16-17H,8H2,1-3H3,(H,18,21)/b15-10+,16-9?. The molecule has 0 aliphatic carbocycles. The fraction of sp³-hybridized carbons (Fsp3) is 0.267. The summed E-state index contributed by atoms with van der Waals surface area (Å²) in [4.78, 5) is 32.9. The highest BCUT2D eigenvalue weighted by molar-refractivity contribution is 6.00. The minimum Gasteiger partial charge on any atom is -0.456 e. The molecule has 1 aromatic carbocycles. The molecule has 0 saturated carbocycles. The monoisotopic (exact) mass is 334 g/mol. The summed E-state index contributed by atoms with van der Waals surface area (Å²) in [7, 11) is 0. The number of carbonyl (C=O) groups excluding carboxylic acids is 2. The number of carbonyl (C=O) groups is 2. The topological polar surface area (TPSA) is 134 Å². The van der Waals surface area contributed by atoms with Crippen LogP contribution in [0.25, 0.3) is 0 Å². The van der Waals surface area contributed by atoms with Crippen LogP contribution in [-0.2, 0) is 14.3 Å². The van der Waals surface area contributed by atoms with E-state index in [9.17, 15) is 19.7 Å². The van der Waals surface area contributed by atoms with Crippen molar-refractivity contribution in [1.29, 1.82) is 5.41 Å². The van der Waals surface area contributed by atoms with Crippen molar-refractivity contribution < 1.29 is 19.2 Å². The molecular weight excluding hydrogens is 316 g/mol. The second kappa shape index (κ2) is 8.42. The molecule has 1 rings (SSSR count). The molecule has 0 aliphatic heterocycles. The smallest absolute Gasteiger partial charge is 0.303 e. The van der Waals surface area contributed by atoms with Gasteiger partial charge in [0.25, 0.3) is 11.6 Å². The van der Waals surface area contributed by atoms with E-state index in [1.807, 2.05) is 0 Å². The Morgan fingerprint density at radius 2 is 1.88 bits per heavy atom. The quantitative estimate of drug-likeness (QED) is 0.302. The number of nitro benzene ring substituents is 1. The van der Waals surface area contributed by atoms with Gasteiger partial charge < -0.3 is 20.8 Å². The molecule has 9 nitrogen and oxygen atoms in total. The van der Waals surface area contributed by atoms with Gasteiger partial charge in [0.15, 0.2) is 6.61 Å². The first kappa shape index (κ1) is 18.8. The fourth-order valence-electron chi connectivity index (χ4n) is 1.81. The number of allylic oxidation sites excluding steroid dienone is 2. The lowest BCUT2D eigenvalue weighted by Gasteiger charge is -2.14. The Hall–Kier alpha value is -3.23. The molecule has 128 valence electrons. The van der Waals surface area contributed by atoms with E-state index in [1.165, 1.54) is 32.0 Å². The third-order valence-corrected chi connectivity index (χ3v) is 2.84. The number of rotatable bonds is 7. The summed E-state index contributed by atoms with van der Waals surface area (Å²) in [6.45, 7) is 3.71. The van der Waals surface area contributed by atoms with Crippen LogP contribution in [0, 0.1) is 15.5 Å². The Labute approximate surface area is 138 Å². The number of ether oxygens (including phenoxy) is 1. The van der Waals surface area contributed by atoms with Crippen molar-refractivity contribution >= 4 is 29.0 Å². The van der Waals surface area contributed by atoms with Gasteiger partial charge in [-0.1, -0.05) is 12.1 Å². The van der Waals surface area contributed by atoms with Gasteiger partial charge in [-0.05, 0) is 19.9 Å². The first-order valence-corrected chi connectivity index (χ1v) is 6.92. The van der Waals surface area contributed by atoms with Crippen molar-refractivity contribution in [2.75, 3.05) is 11.9 Å². The van der Waals surface area contributed by atoms with Gasteiger partial charge >= 0.3 is 5.97 Å². The first-order valence-electron chi connectivity index (χ1n) is 6.92. The largest absolute Gasteiger partial charge is 0.456 e. The van der Waals surface area contributed by atoms with E-state index in [0.717, 1.165) is 0 Å². The lowest BCUT2D eigenvalue weighted by molar-refractivity contribution is -0.383. The predicted molar refractivity (Wildman–Crippen MR) is 87.6 cm³/mol. The summed E-state index contributed by atoms with van der Waals surface area (Å²) >= 11 is 0. The van der Waals surface area contributed by atoms with Crippen LogP contribution in [-0.4, -0.2) is 29.1 Å². The number of nitro groups is 1. The zero-order valence-corrected chi connectivity index (χ0v) is 13.5. The maximum Gasteiger partial charge on any atom is 0.303 e. The van der Waals surface area contributed by atoms with Crippen molar-refractivity contribution in [3.05, 3.63) is 45.8 Å². The van der Waals surface area contributed by atoms with Crippen LogP contribution >= 0.6 is 0 Å². The minimum atomic E-state index is -0.615. The van der Waals surface area contributed by atoms with Crippen LogP contribution in [0.1, 0.15) is 20.8 Å². The summed E-state index contributed by atoms with van der Waals surface area (Å²) in [6.07, 6.45) is 0. The van der Waals surface area contributed by atoms with E-state index < -0.39 is 23.4 Å². The zero-order chi connectivity index (χ0) is 18.3. The number of esters is 1. The molecule has 0 bridgehead atoms. The number of hydrogen-bond donors (Lipinski definition) is 3. The molecule has 0 saturated heterocycles. The third-order valence-electron chi connectivity index (χ3n) is 2.84. The lowest BCUT2D eigenvalue weighted by atomic mass is 10.2. The number of amides is 1. The second-order valence-corrected chi connectivity index (χ2v) is 4.85. The van der Waals surface area contributed by atoms with E-state index in [0.29, 0.717) is 5.70 Å². The molecule has 9 heteroatoms. The predicted octanol–water partition coefficient (Wildman–Crippen LogP) is 1.96. The van der Waals surface area contributed by atoms with E-state index in [-0.39, 0.29) is 22.8 Å². The highest BCUT2D eigenvalue weighted by Crippen LogP contribution is 2.25. The molecule has 3 N–H and O–H groups in total. The number of para-hydroxylation sites is 2. The number of hydrogen-bond acceptors (Lipinski definition) is 7. The van der Waals surface area contributed by atoms with Gasteiger partial charge in [-0.2, -0.15) is 0 Å². The molecule has 0 atom stereocenters. The van der Waals surface area contributed by atoms with Crippen LogP contribution < -0.4 is 10.6 Å². The van der Waals surface area contributed by atoms with Gasteiger partial charge in [0.1, 0.15) is 5.69 Å². The SMILES string of the molecule is CC(=N)/C(NC(=O)COC(C)=O)=C(/C)Nc1ccccc1[N+](=O)[O-]. The number of nitrogens with one attached hydrogen (secondary N) is 3. The Morgan fingerprint density at radius 3 is 2.42 bits per heavy atom. The second-order valence-electron chi connectivity index (χ2n) is 4.85. The van der Waals surface area contributed by atoms with Gasteiger partial charge in [-0.3, -0.25) is 19.7 Å². The Kier molecular flexibility index (Phi) is 6.60. The van der Waals surface area contributed by atoms with Crippen molar-refractivity contribution in [3.8, 4) is 0 Å².